The number of carboxylic acids is 1. The molecule has 0 spiro atoms. The van der Waals surface area contributed by atoms with Crippen molar-refractivity contribution >= 4 is 26.9 Å². The van der Waals surface area contributed by atoms with Crippen molar-refractivity contribution in [3.8, 4) is 0 Å². The number of fused-ring (bicyclic) bond motifs is 3. The molecule has 0 fully saturated rings. The first-order chi connectivity index (χ1) is 14.5. The minimum absolute atomic E-state index is 0.0771. The predicted octanol–water partition coefficient (Wildman–Crippen LogP) is 3.04. The number of para-hydroxylation sites is 1. The number of carboxylic acid groups (broad SMARTS) is 1. The Labute approximate surface area is 171 Å². The van der Waals surface area contributed by atoms with Crippen LogP contribution < -0.4 is 0 Å². The molecule has 3 aromatic rings. The quantitative estimate of drug-likeness (QED) is 0.688. The second-order valence-electron chi connectivity index (χ2n) is 7.04. The molecule has 1 aliphatic heterocycles. The molecule has 2 heterocycles. The van der Waals surface area contributed by atoms with Gasteiger partial charge < -0.3 is 9.67 Å². The average molecular weight is 420 g/mol. The Balaban J connectivity index is 1.80. The average Bonchev–Trinajstić information content (AvgIpc) is 3.01. The second-order valence-corrected chi connectivity index (χ2v) is 9.03. The molecule has 0 saturated heterocycles. The van der Waals surface area contributed by atoms with Crippen molar-refractivity contribution in [1.29, 1.82) is 0 Å². The third-order valence-corrected chi connectivity index (χ3v) is 7.23. The highest BCUT2D eigenvalue weighted by Crippen LogP contribution is 2.33. The van der Waals surface area contributed by atoms with Crippen LogP contribution in [0.5, 0.6) is 0 Å². The third kappa shape index (κ3) is 3.42. The van der Waals surface area contributed by atoms with Crippen molar-refractivity contribution in [3.05, 3.63) is 65.6 Å². The van der Waals surface area contributed by atoms with Gasteiger partial charge in [0.1, 0.15) is 5.82 Å². The van der Waals surface area contributed by atoms with Gasteiger partial charge in [0, 0.05) is 39.0 Å². The van der Waals surface area contributed by atoms with Crippen molar-refractivity contribution in [2.24, 2.45) is 0 Å². The number of rotatable bonds is 5. The van der Waals surface area contributed by atoms with Gasteiger partial charge in [-0.05, 0) is 48.7 Å². The molecule has 8 heteroatoms. The van der Waals surface area contributed by atoms with E-state index in [2.05, 4.69) is 0 Å². The fraction of sp³-hybridized carbons (Fsp3) is 0.286. The van der Waals surface area contributed by atoms with Crippen LogP contribution >= 0.6 is 0 Å². The number of sulfonamides is 1. The van der Waals surface area contributed by atoms with Crippen LogP contribution in [0.25, 0.3) is 10.9 Å². The van der Waals surface area contributed by atoms with Gasteiger partial charge in [-0.15, -0.1) is 0 Å². The molecule has 6 nitrogen and oxygen atoms in total. The molecule has 29 heavy (non-hydrogen) atoms. The molecule has 1 aliphatic rings. The molecule has 152 valence electrons. The fourth-order valence-corrected chi connectivity index (χ4v) is 5.15. The smallest absolute Gasteiger partial charge is 0.307 e. The minimum Gasteiger partial charge on any atom is -0.481 e. The maximum Gasteiger partial charge on any atom is 0.307 e. The van der Waals surface area contributed by atoms with Crippen molar-refractivity contribution < 1.29 is 25.5 Å². The van der Waals surface area contributed by atoms with Gasteiger partial charge in [0.25, 0.3) is 0 Å². The summed E-state index contributed by atoms with van der Waals surface area (Å²) in [6, 6.07) is 10.8. The SMILES string of the molecule is [3H]C1([3H])C[C@@H](N(C)S(=O)(=O)c2ccc(F)cc2)Cn2c1c(CC(=O)O)c1ccccc12. The van der Waals surface area contributed by atoms with Crippen LogP contribution in [0.1, 0.15) is 20.4 Å². The van der Waals surface area contributed by atoms with Gasteiger partial charge in [-0.25, -0.2) is 12.8 Å². The summed E-state index contributed by atoms with van der Waals surface area (Å²) >= 11 is 0. The van der Waals surface area contributed by atoms with E-state index >= 15 is 0 Å². The van der Waals surface area contributed by atoms with E-state index in [0.717, 1.165) is 16.4 Å². The third-order valence-electron chi connectivity index (χ3n) is 5.31. The lowest BCUT2D eigenvalue weighted by molar-refractivity contribution is -0.136. The molecule has 1 atom stereocenters. The van der Waals surface area contributed by atoms with E-state index in [9.17, 15) is 22.7 Å². The summed E-state index contributed by atoms with van der Waals surface area (Å²) in [6.45, 7) is 0.173. The summed E-state index contributed by atoms with van der Waals surface area (Å²) in [7, 11) is -2.60. The molecule has 0 radical (unpaired) electrons. The topological polar surface area (TPSA) is 79.6 Å². The molecule has 1 aromatic heterocycles. The van der Waals surface area contributed by atoms with Crippen LogP contribution in [0, 0.1) is 5.82 Å². The molecule has 4 rings (SSSR count). The summed E-state index contributed by atoms with van der Waals surface area (Å²) in [5.74, 6) is -1.61. The van der Waals surface area contributed by atoms with Crippen molar-refractivity contribution in [1.82, 2.24) is 8.87 Å². The number of aliphatic carboxylic acids is 1. The summed E-state index contributed by atoms with van der Waals surface area (Å²) in [5, 5.41) is 10.0. The molecular weight excluding hydrogens is 395 g/mol. The first-order valence-electron chi connectivity index (χ1n) is 10.1. The molecule has 0 amide bonds. The van der Waals surface area contributed by atoms with Crippen LogP contribution in [-0.4, -0.2) is 41.5 Å². The summed E-state index contributed by atoms with van der Waals surface area (Å²) in [6.07, 6.45) is -2.40. The molecule has 0 unspecified atom stereocenters. The van der Waals surface area contributed by atoms with E-state index in [1.165, 1.54) is 19.2 Å². The largest absolute Gasteiger partial charge is 0.481 e. The van der Waals surface area contributed by atoms with Crippen LogP contribution in [-0.2, 0) is 34.2 Å². The van der Waals surface area contributed by atoms with Gasteiger partial charge in [-0.1, -0.05) is 18.2 Å². The zero-order valence-electron chi connectivity index (χ0n) is 17.7. The number of hydrogen-bond donors (Lipinski definition) is 1. The van der Waals surface area contributed by atoms with Gasteiger partial charge in [-0.3, -0.25) is 4.79 Å². The van der Waals surface area contributed by atoms with Crippen molar-refractivity contribution in [2.45, 2.75) is 36.7 Å². The predicted molar refractivity (Wildman–Crippen MR) is 107 cm³/mol. The van der Waals surface area contributed by atoms with Gasteiger partial charge in [-0.2, -0.15) is 4.31 Å². The summed E-state index contributed by atoms with van der Waals surface area (Å²) in [4.78, 5) is 11.4. The summed E-state index contributed by atoms with van der Waals surface area (Å²) in [5.41, 5.74) is 1.35. The monoisotopic (exact) mass is 420 g/mol. The van der Waals surface area contributed by atoms with Crippen molar-refractivity contribution in [2.75, 3.05) is 7.05 Å². The van der Waals surface area contributed by atoms with Crippen molar-refractivity contribution in [3.63, 3.8) is 0 Å². The number of halogens is 1. The number of hydrogen-bond acceptors (Lipinski definition) is 3. The van der Waals surface area contributed by atoms with Gasteiger partial charge >= 0.3 is 5.97 Å². The Morgan fingerprint density at radius 1 is 1.28 bits per heavy atom. The van der Waals surface area contributed by atoms with E-state index in [1.807, 2.05) is 0 Å². The number of benzene rings is 2. The second kappa shape index (κ2) is 7.27. The zero-order valence-corrected chi connectivity index (χ0v) is 16.5. The van der Waals surface area contributed by atoms with E-state index < -0.39 is 34.2 Å². The first kappa shape index (κ1) is 17.2. The molecular formula is C21H21FN2O4S. The molecule has 2 aromatic carbocycles. The van der Waals surface area contributed by atoms with E-state index in [0.29, 0.717) is 16.5 Å². The fourth-order valence-electron chi connectivity index (χ4n) is 3.80. The molecule has 0 saturated carbocycles. The summed E-state index contributed by atoms with van der Waals surface area (Å²) < 4.78 is 59.5. The normalized spacial score (nSPS) is 19.6. The Bertz CT molecular complexity index is 1270. The van der Waals surface area contributed by atoms with Crippen LogP contribution in [0.3, 0.4) is 0 Å². The lowest BCUT2D eigenvalue weighted by Crippen LogP contribution is -2.42. The van der Waals surface area contributed by atoms with E-state index in [-0.39, 0.29) is 30.0 Å². The molecule has 0 bridgehead atoms. The molecule has 1 N–H and O–H groups in total. The maximum atomic E-state index is 13.2. The highest BCUT2D eigenvalue weighted by atomic mass is 32.2. The van der Waals surface area contributed by atoms with Crippen LogP contribution in [0.2, 0.25) is 0 Å². The number of aromatic nitrogens is 1. The number of nitrogens with zero attached hydrogens (tertiary/aromatic N) is 2. The zero-order chi connectivity index (χ0) is 22.6. The Morgan fingerprint density at radius 3 is 2.66 bits per heavy atom. The highest BCUT2D eigenvalue weighted by Gasteiger charge is 2.33. The highest BCUT2D eigenvalue weighted by molar-refractivity contribution is 7.89. The first-order valence-corrected chi connectivity index (χ1v) is 10.5. The maximum absolute atomic E-state index is 13.2. The van der Waals surface area contributed by atoms with Gasteiger partial charge in [0.05, 0.1) is 11.3 Å². The van der Waals surface area contributed by atoms with E-state index in [1.54, 1.807) is 28.8 Å². The van der Waals surface area contributed by atoms with E-state index in [4.69, 9.17) is 2.74 Å². The van der Waals surface area contributed by atoms with Crippen LogP contribution in [0.15, 0.2) is 53.4 Å². The number of likely N-dealkylation sites (N-methyl/N-ethyl adjacent to an activating group) is 1. The van der Waals surface area contributed by atoms with Crippen LogP contribution in [0.4, 0.5) is 4.39 Å². The Hall–Kier alpha value is -2.71. The lowest BCUT2D eigenvalue weighted by Gasteiger charge is -2.32. The Morgan fingerprint density at radius 2 is 1.97 bits per heavy atom. The van der Waals surface area contributed by atoms with Gasteiger partial charge in [0.2, 0.25) is 10.0 Å². The number of carbonyl (C=O) groups is 1. The Kier molecular flexibility index (Phi) is 4.31. The minimum atomic E-state index is -3.98. The lowest BCUT2D eigenvalue weighted by atomic mass is 10.0. The standard InChI is InChI=1S/C21H21FN2O4S/c1-23(29(27,28)16-9-6-14(22)7-10-16)15-8-11-20-18(12-21(25)26)17-4-2-3-5-19(17)24(20)13-15/h2-7,9-10,15H,8,11-13H2,1H3,(H,25,26)/t15-/m1/s1/i11T2. The molecule has 0 aliphatic carbocycles. The van der Waals surface area contributed by atoms with Gasteiger partial charge in [0.15, 0.2) is 0 Å².